The molecule has 1 N–H and O–H groups in total. The van der Waals surface area contributed by atoms with E-state index in [4.69, 9.17) is 21.1 Å². The van der Waals surface area contributed by atoms with Crippen LogP contribution in [0.4, 0.5) is 11.5 Å². The third-order valence-electron chi connectivity index (χ3n) is 5.44. The van der Waals surface area contributed by atoms with Gasteiger partial charge in [-0.2, -0.15) is 0 Å². The first-order chi connectivity index (χ1) is 13.7. The van der Waals surface area contributed by atoms with Gasteiger partial charge in [0.1, 0.15) is 28.5 Å². The first kappa shape index (κ1) is 17.6. The Kier molecular flexibility index (Phi) is 4.49. The fraction of sp³-hybridized carbons (Fsp3) is 0.400. The van der Waals surface area contributed by atoms with Crippen molar-refractivity contribution in [2.45, 2.75) is 11.9 Å². The van der Waals surface area contributed by atoms with Gasteiger partial charge in [0.2, 0.25) is 0 Å². The molecular formula is C20H21ClN4O3. The number of benzene rings is 1. The Morgan fingerprint density at radius 2 is 1.96 bits per heavy atom. The number of fused-ring (bicyclic) bond motifs is 2. The molecular weight excluding hydrogens is 380 g/mol. The lowest BCUT2D eigenvalue weighted by atomic mass is 10.1. The van der Waals surface area contributed by atoms with Gasteiger partial charge >= 0.3 is 0 Å². The molecule has 0 saturated carbocycles. The normalized spacial score (nSPS) is 19.9. The van der Waals surface area contributed by atoms with E-state index < -0.39 is 0 Å². The SMILES string of the molecule is O=C1COc2cc(N3CCN(C(Cl)c4ccc5c(c4)OCC5)CC3)ncc2N1. The van der Waals surface area contributed by atoms with Gasteiger partial charge in [0.05, 0.1) is 12.8 Å². The van der Waals surface area contributed by atoms with E-state index in [0.29, 0.717) is 11.4 Å². The minimum atomic E-state index is -0.174. The lowest BCUT2D eigenvalue weighted by Crippen LogP contribution is -2.47. The number of nitrogens with zero attached hydrogens (tertiary/aromatic N) is 3. The van der Waals surface area contributed by atoms with Crippen molar-refractivity contribution in [2.75, 3.05) is 49.6 Å². The van der Waals surface area contributed by atoms with Crippen molar-refractivity contribution in [3.05, 3.63) is 41.6 Å². The summed E-state index contributed by atoms with van der Waals surface area (Å²) in [6, 6.07) is 8.19. The molecule has 0 aliphatic carbocycles. The van der Waals surface area contributed by atoms with Crippen LogP contribution in [0.3, 0.4) is 0 Å². The van der Waals surface area contributed by atoms with Crippen molar-refractivity contribution >= 4 is 29.0 Å². The van der Waals surface area contributed by atoms with Crippen molar-refractivity contribution < 1.29 is 14.3 Å². The standard InChI is InChI=1S/C20H21ClN4O3/c21-20(14-2-1-13-3-8-27-16(13)9-14)25-6-4-24(5-7-25)18-10-17-15(11-22-18)23-19(26)12-28-17/h1-2,9-11,20H,3-8,12H2,(H,23,26). The van der Waals surface area contributed by atoms with Crippen LogP contribution in [-0.4, -0.2) is 55.2 Å². The minimum Gasteiger partial charge on any atom is -0.493 e. The molecule has 8 heteroatoms. The Hall–Kier alpha value is -2.51. The van der Waals surface area contributed by atoms with E-state index in [-0.39, 0.29) is 18.0 Å². The number of amides is 1. The van der Waals surface area contributed by atoms with Crippen LogP contribution in [0.25, 0.3) is 0 Å². The summed E-state index contributed by atoms with van der Waals surface area (Å²) in [6.07, 6.45) is 2.63. The summed E-state index contributed by atoms with van der Waals surface area (Å²) in [7, 11) is 0. The number of pyridine rings is 1. The van der Waals surface area contributed by atoms with Crippen LogP contribution in [0, 0.1) is 0 Å². The van der Waals surface area contributed by atoms with Gasteiger partial charge in [-0.05, 0) is 17.2 Å². The molecule has 1 aromatic heterocycles. The zero-order chi connectivity index (χ0) is 19.1. The number of anilines is 2. The number of carbonyl (C=O) groups excluding carboxylic acids is 1. The molecule has 3 aliphatic rings. The van der Waals surface area contributed by atoms with Gasteiger partial charge in [0, 0.05) is 38.7 Å². The van der Waals surface area contributed by atoms with E-state index >= 15 is 0 Å². The summed E-state index contributed by atoms with van der Waals surface area (Å²) in [6.45, 7) is 4.12. The number of hydrogen-bond acceptors (Lipinski definition) is 6. The zero-order valence-corrected chi connectivity index (χ0v) is 16.1. The van der Waals surface area contributed by atoms with Crippen LogP contribution in [0.2, 0.25) is 0 Å². The summed E-state index contributed by atoms with van der Waals surface area (Å²) in [5.74, 6) is 2.33. The molecule has 0 spiro atoms. The lowest BCUT2D eigenvalue weighted by molar-refractivity contribution is -0.118. The molecule has 146 valence electrons. The molecule has 1 saturated heterocycles. The number of nitrogens with one attached hydrogen (secondary N) is 1. The molecule has 5 rings (SSSR count). The number of carbonyl (C=O) groups is 1. The number of alkyl halides is 1. The number of aromatic nitrogens is 1. The summed E-state index contributed by atoms with van der Waals surface area (Å²) < 4.78 is 11.2. The summed E-state index contributed by atoms with van der Waals surface area (Å²) in [4.78, 5) is 20.4. The number of hydrogen-bond donors (Lipinski definition) is 1. The first-order valence-corrected chi connectivity index (χ1v) is 9.92. The molecule has 1 aromatic carbocycles. The third kappa shape index (κ3) is 3.25. The van der Waals surface area contributed by atoms with Gasteiger partial charge in [-0.3, -0.25) is 9.69 Å². The largest absolute Gasteiger partial charge is 0.493 e. The Labute approximate surface area is 168 Å². The van der Waals surface area contributed by atoms with E-state index in [1.807, 2.05) is 6.07 Å². The highest BCUT2D eigenvalue weighted by Crippen LogP contribution is 2.34. The molecule has 1 atom stereocenters. The average molecular weight is 401 g/mol. The average Bonchev–Trinajstić information content (AvgIpc) is 3.21. The van der Waals surface area contributed by atoms with Crippen LogP contribution >= 0.6 is 11.6 Å². The molecule has 1 fully saturated rings. The van der Waals surface area contributed by atoms with Crippen LogP contribution in [0.15, 0.2) is 30.5 Å². The number of piperazine rings is 1. The van der Waals surface area contributed by atoms with E-state index in [1.165, 1.54) is 5.56 Å². The van der Waals surface area contributed by atoms with E-state index in [1.54, 1.807) is 6.20 Å². The summed E-state index contributed by atoms with van der Waals surface area (Å²) >= 11 is 6.77. The van der Waals surface area contributed by atoms with Crippen molar-refractivity contribution in [1.29, 1.82) is 0 Å². The van der Waals surface area contributed by atoms with Crippen molar-refractivity contribution in [3.8, 4) is 11.5 Å². The van der Waals surface area contributed by atoms with Crippen molar-refractivity contribution in [1.82, 2.24) is 9.88 Å². The third-order valence-corrected chi connectivity index (χ3v) is 5.97. The quantitative estimate of drug-likeness (QED) is 0.630. The molecule has 2 aromatic rings. The van der Waals surface area contributed by atoms with Gasteiger partial charge in [0.25, 0.3) is 5.91 Å². The molecule has 4 heterocycles. The topological polar surface area (TPSA) is 66.9 Å². The highest BCUT2D eigenvalue weighted by atomic mass is 35.5. The van der Waals surface area contributed by atoms with Crippen LogP contribution in [0.1, 0.15) is 16.6 Å². The predicted octanol–water partition coefficient (Wildman–Crippen LogP) is 2.41. The molecule has 1 unspecified atom stereocenters. The molecule has 28 heavy (non-hydrogen) atoms. The van der Waals surface area contributed by atoms with E-state index in [2.05, 4.69) is 38.3 Å². The molecule has 0 radical (unpaired) electrons. The predicted molar refractivity (Wildman–Crippen MR) is 106 cm³/mol. The van der Waals surface area contributed by atoms with Crippen LogP contribution in [-0.2, 0) is 11.2 Å². The second-order valence-corrected chi connectivity index (χ2v) is 7.61. The van der Waals surface area contributed by atoms with Gasteiger partial charge in [0.15, 0.2) is 6.61 Å². The molecule has 0 bridgehead atoms. The van der Waals surface area contributed by atoms with Gasteiger partial charge in [-0.1, -0.05) is 12.1 Å². The van der Waals surface area contributed by atoms with Crippen molar-refractivity contribution in [3.63, 3.8) is 0 Å². The smallest absolute Gasteiger partial charge is 0.262 e. The van der Waals surface area contributed by atoms with Gasteiger partial charge < -0.3 is 19.7 Å². The highest BCUT2D eigenvalue weighted by molar-refractivity contribution is 6.20. The van der Waals surface area contributed by atoms with Gasteiger partial charge in [-0.25, -0.2) is 4.98 Å². The molecule has 7 nitrogen and oxygen atoms in total. The highest BCUT2D eigenvalue weighted by Gasteiger charge is 2.26. The maximum Gasteiger partial charge on any atom is 0.262 e. The monoisotopic (exact) mass is 400 g/mol. The fourth-order valence-electron chi connectivity index (χ4n) is 3.86. The Morgan fingerprint density at radius 1 is 1.11 bits per heavy atom. The van der Waals surface area contributed by atoms with Crippen LogP contribution < -0.4 is 19.7 Å². The number of rotatable bonds is 3. The summed E-state index contributed by atoms with van der Waals surface area (Å²) in [5, 5.41) is 2.77. The Morgan fingerprint density at radius 3 is 2.82 bits per heavy atom. The maximum atomic E-state index is 11.4. The number of ether oxygens (including phenoxy) is 2. The second kappa shape index (κ2) is 7.14. The second-order valence-electron chi connectivity index (χ2n) is 7.20. The van der Waals surface area contributed by atoms with Crippen LogP contribution in [0.5, 0.6) is 11.5 Å². The fourth-order valence-corrected chi connectivity index (χ4v) is 4.19. The molecule has 3 aliphatic heterocycles. The van der Waals surface area contributed by atoms with Gasteiger partial charge in [-0.15, -0.1) is 11.6 Å². The Bertz CT molecular complexity index is 914. The minimum absolute atomic E-state index is 0.0443. The maximum absolute atomic E-state index is 11.4. The lowest BCUT2D eigenvalue weighted by Gasteiger charge is -2.38. The number of halogens is 1. The van der Waals surface area contributed by atoms with E-state index in [9.17, 15) is 4.79 Å². The Balaban J connectivity index is 1.24. The zero-order valence-electron chi connectivity index (χ0n) is 15.4. The first-order valence-electron chi connectivity index (χ1n) is 9.49. The van der Waals surface area contributed by atoms with E-state index in [0.717, 1.165) is 56.3 Å². The summed E-state index contributed by atoms with van der Waals surface area (Å²) in [5.41, 5.74) is 2.78. The molecule has 1 amide bonds. The van der Waals surface area contributed by atoms with Crippen molar-refractivity contribution in [2.24, 2.45) is 0 Å².